The smallest absolute Gasteiger partial charge is 0.255 e. The highest BCUT2D eigenvalue weighted by atomic mass is 35.5. The van der Waals surface area contributed by atoms with Crippen molar-refractivity contribution in [3.8, 4) is 5.75 Å². The van der Waals surface area contributed by atoms with E-state index < -0.39 is 0 Å². The number of likely N-dealkylation sites (N-methyl/N-ethyl adjacent to an activating group) is 2. The zero-order chi connectivity index (χ0) is 15.4. The number of nitrogen functional groups attached to an aromatic ring is 1. The molecule has 0 spiro atoms. The molecule has 0 aromatic heterocycles. The highest BCUT2D eigenvalue weighted by Crippen LogP contribution is 2.22. The van der Waals surface area contributed by atoms with Crippen molar-refractivity contribution in [2.45, 2.75) is 31.7 Å². The average Bonchev–Trinajstić information content (AvgIpc) is 3.00. The number of benzene rings is 1. The fourth-order valence-electron chi connectivity index (χ4n) is 2.87. The Kier molecular flexibility index (Phi) is 6.97. The maximum Gasteiger partial charge on any atom is 0.255 e. The molecule has 1 aromatic rings. The minimum Gasteiger partial charge on any atom is -0.508 e. The summed E-state index contributed by atoms with van der Waals surface area (Å²) in [4.78, 5) is 16.4. The number of hydrogen-bond acceptors (Lipinski definition) is 4. The molecule has 0 atom stereocenters. The summed E-state index contributed by atoms with van der Waals surface area (Å²) in [6.07, 6.45) is 5.13. The molecule has 1 amide bonds. The third-order valence-electron chi connectivity index (χ3n) is 4.35. The summed E-state index contributed by atoms with van der Waals surface area (Å²) in [5, 5.41) is 9.50. The van der Waals surface area contributed by atoms with Crippen molar-refractivity contribution in [2.75, 3.05) is 32.9 Å². The molecule has 6 heteroatoms. The summed E-state index contributed by atoms with van der Waals surface area (Å²) in [6, 6.07) is 5.12. The molecule has 1 aliphatic rings. The predicted molar refractivity (Wildman–Crippen MR) is 91.6 cm³/mol. The van der Waals surface area contributed by atoms with Gasteiger partial charge in [-0.1, -0.05) is 12.8 Å². The van der Waals surface area contributed by atoms with Gasteiger partial charge in [0.1, 0.15) is 5.75 Å². The Balaban J connectivity index is 0.00000242. The van der Waals surface area contributed by atoms with E-state index in [9.17, 15) is 9.90 Å². The number of phenolic OH excluding ortho intramolecular Hbond substituents is 1. The van der Waals surface area contributed by atoms with Gasteiger partial charge < -0.3 is 20.6 Å². The molecule has 22 heavy (non-hydrogen) atoms. The van der Waals surface area contributed by atoms with Gasteiger partial charge in [-0.3, -0.25) is 4.79 Å². The quantitative estimate of drug-likeness (QED) is 0.643. The molecule has 2 rings (SSSR count). The van der Waals surface area contributed by atoms with Gasteiger partial charge in [-0.15, -0.1) is 12.4 Å². The molecule has 124 valence electrons. The van der Waals surface area contributed by atoms with Crippen molar-refractivity contribution >= 4 is 24.0 Å². The van der Waals surface area contributed by atoms with Crippen LogP contribution in [0.2, 0.25) is 0 Å². The van der Waals surface area contributed by atoms with E-state index in [1.807, 2.05) is 0 Å². The molecule has 0 heterocycles. The van der Waals surface area contributed by atoms with Crippen LogP contribution in [-0.2, 0) is 0 Å². The van der Waals surface area contributed by atoms with Crippen LogP contribution in [0.5, 0.6) is 5.75 Å². The van der Waals surface area contributed by atoms with Crippen LogP contribution in [0, 0.1) is 0 Å². The van der Waals surface area contributed by atoms with Crippen LogP contribution < -0.4 is 5.73 Å². The van der Waals surface area contributed by atoms with Gasteiger partial charge in [-0.2, -0.15) is 0 Å². The lowest BCUT2D eigenvalue weighted by atomic mass is 10.1. The number of halogens is 1. The van der Waals surface area contributed by atoms with Gasteiger partial charge in [0.05, 0.1) is 5.56 Å². The van der Waals surface area contributed by atoms with Crippen LogP contribution in [-0.4, -0.2) is 54.0 Å². The summed E-state index contributed by atoms with van der Waals surface area (Å²) >= 11 is 0. The maximum absolute atomic E-state index is 12.4. The van der Waals surface area contributed by atoms with Crippen molar-refractivity contribution in [3.05, 3.63) is 23.8 Å². The van der Waals surface area contributed by atoms with Crippen molar-refractivity contribution < 1.29 is 9.90 Å². The maximum atomic E-state index is 12.4. The second-order valence-electron chi connectivity index (χ2n) is 5.92. The molecule has 0 radical (unpaired) electrons. The van der Waals surface area contributed by atoms with Gasteiger partial charge >= 0.3 is 0 Å². The summed E-state index contributed by atoms with van der Waals surface area (Å²) in [5.74, 6) is -0.0905. The Bertz CT molecular complexity index is 504. The second-order valence-corrected chi connectivity index (χ2v) is 5.92. The highest BCUT2D eigenvalue weighted by molar-refractivity contribution is 5.99. The lowest BCUT2D eigenvalue weighted by molar-refractivity contribution is 0.0775. The molecular formula is C16H26ClN3O2. The van der Waals surface area contributed by atoms with Gasteiger partial charge in [0.15, 0.2) is 0 Å². The van der Waals surface area contributed by atoms with Crippen LogP contribution >= 0.6 is 12.4 Å². The SMILES string of the molecule is CN(CCN(C)C1CCCC1)C(=O)c1cc(O)ccc1N.Cl. The molecule has 0 saturated heterocycles. The molecule has 5 nitrogen and oxygen atoms in total. The minimum absolute atomic E-state index is 0. The number of aromatic hydroxyl groups is 1. The Hall–Kier alpha value is -1.46. The topological polar surface area (TPSA) is 69.8 Å². The summed E-state index contributed by atoms with van der Waals surface area (Å²) in [5.41, 5.74) is 6.57. The first-order chi connectivity index (χ1) is 9.99. The molecule has 0 bridgehead atoms. The average molecular weight is 328 g/mol. The first-order valence-electron chi connectivity index (χ1n) is 7.53. The van der Waals surface area contributed by atoms with E-state index in [0.717, 1.165) is 6.54 Å². The van der Waals surface area contributed by atoms with Gasteiger partial charge in [0.25, 0.3) is 5.91 Å². The number of carbonyl (C=O) groups is 1. The number of nitrogens with zero attached hydrogens (tertiary/aromatic N) is 2. The normalized spacial score (nSPS) is 14.9. The predicted octanol–water partition coefficient (Wildman–Crippen LogP) is 2.34. The molecule has 1 aliphatic carbocycles. The van der Waals surface area contributed by atoms with E-state index >= 15 is 0 Å². The Morgan fingerprint density at radius 2 is 1.91 bits per heavy atom. The number of rotatable bonds is 5. The van der Waals surface area contributed by atoms with E-state index in [2.05, 4.69) is 11.9 Å². The first kappa shape index (κ1) is 18.6. The van der Waals surface area contributed by atoms with E-state index in [1.54, 1.807) is 18.0 Å². The van der Waals surface area contributed by atoms with Crippen LogP contribution in [0.3, 0.4) is 0 Å². The molecule has 1 aromatic carbocycles. The van der Waals surface area contributed by atoms with Crippen LogP contribution in [0.15, 0.2) is 18.2 Å². The first-order valence-corrected chi connectivity index (χ1v) is 7.53. The molecule has 0 unspecified atom stereocenters. The largest absolute Gasteiger partial charge is 0.508 e. The van der Waals surface area contributed by atoms with Gasteiger partial charge in [0, 0.05) is 31.9 Å². The third-order valence-corrected chi connectivity index (χ3v) is 4.35. The van der Waals surface area contributed by atoms with E-state index in [0.29, 0.717) is 23.8 Å². The summed E-state index contributed by atoms with van der Waals surface area (Å²) in [7, 11) is 3.89. The van der Waals surface area contributed by atoms with Crippen molar-refractivity contribution in [1.29, 1.82) is 0 Å². The Labute approximate surface area is 138 Å². The summed E-state index contributed by atoms with van der Waals surface area (Å²) in [6.45, 7) is 1.51. The fourth-order valence-corrected chi connectivity index (χ4v) is 2.87. The fraction of sp³-hybridized carbons (Fsp3) is 0.562. The Morgan fingerprint density at radius 1 is 1.27 bits per heavy atom. The lowest BCUT2D eigenvalue weighted by Gasteiger charge is -2.27. The molecule has 1 fully saturated rings. The van der Waals surface area contributed by atoms with E-state index in [1.165, 1.54) is 37.8 Å². The summed E-state index contributed by atoms with van der Waals surface area (Å²) < 4.78 is 0. The standard InChI is InChI=1S/C16H25N3O2.ClH/c1-18(12-5-3-4-6-12)9-10-19(2)16(21)14-11-13(20)7-8-15(14)17;/h7-8,11-12,20H,3-6,9-10,17H2,1-2H3;1H. The number of phenols is 1. The van der Waals surface area contributed by atoms with Crippen molar-refractivity contribution in [3.63, 3.8) is 0 Å². The number of amides is 1. The molecule has 3 N–H and O–H groups in total. The molecular weight excluding hydrogens is 302 g/mol. The van der Waals surface area contributed by atoms with E-state index in [4.69, 9.17) is 5.73 Å². The van der Waals surface area contributed by atoms with E-state index in [-0.39, 0.29) is 24.1 Å². The molecule has 1 saturated carbocycles. The molecule has 0 aliphatic heterocycles. The number of anilines is 1. The zero-order valence-electron chi connectivity index (χ0n) is 13.3. The lowest BCUT2D eigenvalue weighted by Crippen LogP contribution is -2.38. The number of nitrogens with two attached hydrogens (primary N) is 1. The van der Waals surface area contributed by atoms with Crippen molar-refractivity contribution in [1.82, 2.24) is 9.80 Å². The highest BCUT2D eigenvalue weighted by Gasteiger charge is 2.21. The van der Waals surface area contributed by atoms with Crippen LogP contribution in [0.4, 0.5) is 5.69 Å². The Morgan fingerprint density at radius 3 is 2.55 bits per heavy atom. The van der Waals surface area contributed by atoms with Crippen LogP contribution in [0.1, 0.15) is 36.0 Å². The number of hydrogen-bond donors (Lipinski definition) is 2. The van der Waals surface area contributed by atoms with Gasteiger partial charge in [0.2, 0.25) is 0 Å². The van der Waals surface area contributed by atoms with Crippen molar-refractivity contribution in [2.24, 2.45) is 0 Å². The van der Waals surface area contributed by atoms with Gasteiger partial charge in [-0.05, 0) is 38.1 Å². The minimum atomic E-state index is -0.150. The number of carbonyl (C=O) groups excluding carboxylic acids is 1. The van der Waals surface area contributed by atoms with Crippen LogP contribution in [0.25, 0.3) is 0 Å². The third kappa shape index (κ3) is 4.52. The van der Waals surface area contributed by atoms with Gasteiger partial charge in [-0.25, -0.2) is 0 Å². The monoisotopic (exact) mass is 327 g/mol. The second kappa shape index (κ2) is 8.25. The zero-order valence-corrected chi connectivity index (χ0v) is 14.1.